The second-order valence-electron chi connectivity index (χ2n) is 3.39. The fourth-order valence-electron chi connectivity index (χ4n) is 1.37. The summed E-state index contributed by atoms with van der Waals surface area (Å²) in [6.45, 7) is 4.02. The Bertz CT molecular complexity index is 332. The SMILES string of the molecule is CCC(CC)Oc1cc(F)cc(C=O)c1. The van der Waals surface area contributed by atoms with Crippen molar-refractivity contribution in [3.63, 3.8) is 0 Å². The molecule has 0 amide bonds. The largest absolute Gasteiger partial charge is 0.490 e. The van der Waals surface area contributed by atoms with Gasteiger partial charge in [-0.2, -0.15) is 0 Å². The number of hydrogen-bond donors (Lipinski definition) is 0. The monoisotopic (exact) mass is 210 g/mol. The molecule has 2 nitrogen and oxygen atoms in total. The molecule has 0 saturated carbocycles. The van der Waals surface area contributed by atoms with Gasteiger partial charge in [0.25, 0.3) is 0 Å². The lowest BCUT2D eigenvalue weighted by Gasteiger charge is -2.15. The van der Waals surface area contributed by atoms with E-state index in [2.05, 4.69) is 0 Å². The van der Waals surface area contributed by atoms with Gasteiger partial charge in [-0.05, 0) is 25.0 Å². The van der Waals surface area contributed by atoms with Gasteiger partial charge in [0.05, 0.1) is 6.10 Å². The summed E-state index contributed by atoms with van der Waals surface area (Å²) in [5.74, 6) is -0.0219. The van der Waals surface area contributed by atoms with Crippen LogP contribution in [0.1, 0.15) is 37.0 Å². The third-order valence-electron chi connectivity index (χ3n) is 2.24. The molecule has 0 heterocycles. The summed E-state index contributed by atoms with van der Waals surface area (Å²) < 4.78 is 18.6. The number of hydrogen-bond acceptors (Lipinski definition) is 2. The maximum absolute atomic E-state index is 13.0. The molecule has 0 aliphatic heterocycles. The Labute approximate surface area is 89.1 Å². The molecule has 0 N–H and O–H groups in total. The molecule has 0 aliphatic carbocycles. The van der Waals surface area contributed by atoms with Crippen LogP contribution in [-0.2, 0) is 0 Å². The molecule has 0 atom stereocenters. The average molecular weight is 210 g/mol. The van der Waals surface area contributed by atoms with Crippen molar-refractivity contribution in [1.29, 1.82) is 0 Å². The normalized spacial score (nSPS) is 10.4. The van der Waals surface area contributed by atoms with E-state index in [1.807, 2.05) is 13.8 Å². The van der Waals surface area contributed by atoms with Crippen molar-refractivity contribution in [3.8, 4) is 5.75 Å². The van der Waals surface area contributed by atoms with Crippen LogP contribution in [0, 0.1) is 5.82 Å². The Morgan fingerprint density at radius 1 is 1.33 bits per heavy atom. The van der Waals surface area contributed by atoms with Crippen molar-refractivity contribution >= 4 is 6.29 Å². The summed E-state index contributed by atoms with van der Waals surface area (Å²) >= 11 is 0. The van der Waals surface area contributed by atoms with Crippen LogP contribution in [0.4, 0.5) is 4.39 Å². The summed E-state index contributed by atoms with van der Waals surface area (Å²) in [5.41, 5.74) is 0.302. The molecule has 0 bridgehead atoms. The van der Waals surface area contributed by atoms with E-state index in [1.165, 1.54) is 12.1 Å². The van der Waals surface area contributed by atoms with Gasteiger partial charge in [-0.15, -0.1) is 0 Å². The lowest BCUT2D eigenvalue weighted by Crippen LogP contribution is -2.13. The van der Waals surface area contributed by atoms with Crippen LogP contribution in [0.25, 0.3) is 0 Å². The van der Waals surface area contributed by atoms with Crippen molar-refractivity contribution in [2.75, 3.05) is 0 Å². The lowest BCUT2D eigenvalue weighted by atomic mass is 10.2. The molecule has 15 heavy (non-hydrogen) atoms. The van der Waals surface area contributed by atoms with Crippen LogP contribution in [0.5, 0.6) is 5.75 Å². The van der Waals surface area contributed by atoms with E-state index in [0.29, 0.717) is 17.6 Å². The van der Waals surface area contributed by atoms with Gasteiger partial charge in [0.1, 0.15) is 17.9 Å². The molecular weight excluding hydrogens is 195 g/mol. The Hall–Kier alpha value is -1.38. The van der Waals surface area contributed by atoms with Gasteiger partial charge in [-0.3, -0.25) is 4.79 Å². The molecule has 0 unspecified atom stereocenters. The highest BCUT2D eigenvalue weighted by molar-refractivity contribution is 5.75. The topological polar surface area (TPSA) is 26.3 Å². The van der Waals surface area contributed by atoms with Crippen LogP contribution in [0.15, 0.2) is 18.2 Å². The number of halogens is 1. The zero-order chi connectivity index (χ0) is 11.3. The smallest absolute Gasteiger partial charge is 0.150 e. The van der Waals surface area contributed by atoms with Gasteiger partial charge < -0.3 is 4.74 Å². The number of carbonyl (C=O) groups excluding carboxylic acids is 1. The van der Waals surface area contributed by atoms with Gasteiger partial charge >= 0.3 is 0 Å². The zero-order valence-electron chi connectivity index (χ0n) is 9.00. The minimum Gasteiger partial charge on any atom is -0.490 e. The quantitative estimate of drug-likeness (QED) is 0.697. The summed E-state index contributed by atoms with van der Waals surface area (Å²) in [7, 11) is 0. The van der Waals surface area contributed by atoms with Crippen LogP contribution in [0.3, 0.4) is 0 Å². The fourth-order valence-corrected chi connectivity index (χ4v) is 1.37. The first-order chi connectivity index (χ1) is 7.19. The van der Waals surface area contributed by atoms with Crippen molar-refractivity contribution in [2.45, 2.75) is 32.8 Å². The van der Waals surface area contributed by atoms with Gasteiger partial charge in [0.2, 0.25) is 0 Å². The highest BCUT2D eigenvalue weighted by Crippen LogP contribution is 2.18. The highest BCUT2D eigenvalue weighted by Gasteiger charge is 2.07. The lowest BCUT2D eigenvalue weighted by molar-refractivity contribution is 0.112. The molecular formula is C12H15FO2. The van der Waals surface area contributed by atoms with Crippen LogP contribution < -0.4 is 4.74 Å². The number of carbonyl (C=O) groups is 1. The Balaban J connectivity index is 2.84. The summed E-state index contributed by atoms with van der Waals surface area (Å²) in [6, 6.07) is 4.03. The molecule has 1 aromatic carbocycles. The van der Waals surface area contributed by atoms with Crippen LogP contribution in [-0.4, -0.2) is 12.4 Å². The molecule has 1 aromatic rings. The summed E-state index contributed by atoms with van der Waals surface area (Å²) in [4.78, 5) is 10.5. The van der Waals surface area contributed by atoms with E-state index in [4.69, 9.17) is 4.74 Å². The molecule has 0 radical (unpaired) electrons. The predicted octanol–water partition coefficient (Wildman–Crippen LogP) is 3.21. The molecule has 0 fully saturated rings. The first-order valence-electron chi connectivity index (χ1n) is 5.12. The minimum atomic E-state index is -0.444. The maximum atomic E-state index is 13.0. The Kier molecular flexibility index (Phi) is 4.28. The van der Waals surface area contributed by atoms with E-state index in [1.54, 1.807) is 6.07 Å². The number of benzene rings is 1. The molecule has 0 saturated heterocycles. The van der Waals surface area contributed by atoms with Gasteiger partial charge in [-0.25, -0.2) is 4.39 Å². The van der Waals surface area contributed by atoms with Crippen molar-refractivity contribution in [2.24, 2.45) is 0 Å². The van der Waals surface area contributed by atoms with Gasteiger partial charge in [-0.1, -0.05) is 13.8 Å². The number of aldehydes is 1. The standard InChI is InChI=1S/C12H15FO2/c1-3-11(4-2)15-12-6-9(8-14)5-10(13)7-12/h5-8,11H,3-4H2,1-2H3. The first kappa shape index (κ1) is 11.7. The van der Waals surface area contributed by atoms with Gasteiger partial charge in [0, 0.05) is 11.6 Å². The average Bonchev–Trinajstić information content (AvgIpc) is 2.25. The maximum Gasteiger partial charge on any atom is 0.150 e. The molecule has 0 aromatic heterocycles. The van der Waals surface area contributed by atoms with Crippen molar-refractivity contribution in [1.82, 2.24) is 0 Å². The molecule has 82 valence electrons. The van der Waals surface area contributed by atoms with Crippen molar-refractivity contribution in [3.05, 3.63) is 29.6 Å². The second kappa shape index (κ2) is 5.49. The van der Waals surface area contributed by atoms with Crippen molar-refractivity contribution < 1.29 is 13.9 Å². The third-order valence-corrected chi connectivity index (χ3v) is 2.24. The number of rotatable bonds is 5. The zero-order valence-corrected chi connectivity index (χ0v) is 9.00. The van der Waals surface area contributed by atoms with E-state index in [-0.39, 0.29) is 6.10 Å². The highest BCUT2D eigenvalue weighted by atomic mass is 19.1. The molecule has 0 spiro atoms. The minimum absolute atomic E-state index is 0.0753. The van der Waals surface area contributed by atoms with Gasteiger partial charge in [0.15, 0.2) is 0 Å². The Morgan fingerprint density at radius 3 is 2.53 bits per heavy atom. The van der Waals surface area contributed by atoms with E-state index in [9.17, 15) is 9.18 Å². The third kappa shape index (κ3) is 3.35. The second-order valence-corrected chi connectivity index (χ2v) is 3.39. The fraction of sp³-hybridized carbons (Fsp3) is 0.417. The molecule has 0 aliphatic rings. The van der Waals surface area contributed by atoms with E-state index in [0.717, 1.165) is 12.8 Å². The molecule has 3 heteroatoms. The Morgan fingerprint density at radius 2 is 2.00 bits per heavy atom. The van der Waals surface area contributed by atoms with Crippen LogP contribution >= 0.6 is 0 Å². The molecule has 1 rings (SSSR count). The van der Waals surface area contributed by atoms with E-state index >= 15 is 0 Å². The predicted molar refractivity (Wildman–Crippen MR) is 56.8 cm³/mol. The summed E-state index contributed by atoms with van der Waals surface area (Å²) in [6.07, 6.45) is 2.42. The summed E-state index contributed by atoms with van der Waals surface area (Å²) in [5, 5.41) is 0. The number of ether oxygens (including phenoxy) is 1. The van der Waals surface area contributed by atoms with Crippen LogP contribution in [0.2, 0.25) is 0 Å². The first-order valence-corrected chi connectivity index (χ1v) is 5.12. The van der Waals surface area contributed by atoms with E-state index < -0.39 is 5.82 Å².